The molecule has 3 aromatic carbocycles. The van der Waals surface area contributed by atoms with Crippen molar-refractivity contribution in [3.63, 3.8) is 0 Å². The van der Waals surface area contributed by atoms with Gasteiger partial charge in [-0.25, -0.2) is 4.79 Å². The van der Waals surface area contributed by atoms with E-state index in [-0.39, 0.29) is 5.97 Å². The van der Waals surface area contributed by atoms with Gasteiger partial charge in [0.15, 0.2) is 0 Å². The minimum atomic E-state index is -0.355. The first-order valence-corrected chi connectivity index (χ1v) is 11.4. The third-order valence-corrected chi connectivity index (χ3v) is 5.73. The fourth-order valence-electron chi connectivity index (χ4n) is 4.16. The summed E-state index contributed by atoms with van der Waals surface area (Å²) in [6.07, 6.45) is 3.95. The molecule has 1 N–H and O–H groups in total. The smallest absolute Gasteiger partial charge is 0.330 e. The Morgan fingerprint density at radius 1 is 1.00 bits per heavy atom. The Morgan fingerprint density at radius 3 is 2.44 bits per heavy atom. The number of ether oxygens (including phenoxy) is 1. The summed E-state index contributed by atoms with van der Waals surface area (Å²) in [4.78, 5) is 15.2. The van der Waals surface area contributed by atoms with Crippen molar-refractivity contribution >= 4 is 34.1 Å². The standard InChI is InChI=1S/C30H26N2O2/c1-3-25(26-11-7-5-10-24(26)20-31)30(28-19-23-9-6-8-12-27(23)32-28)22-16-13-21(14-17-22)15-18-29(33)34-4-2/h5-19,32H,3-4H2,1-2H3/b18-15+,30-25+. The van der Waals surface area contributed by atoms with Gasteiger partial charge in [0.1, 0.15) is 0 Å². The van der Waals surface area contributed by atoms with Gasteiger partial charge in [-0.2, -0.15) is 5.26 Å². The van der Waals surface area contributed by atoms with Crippen LogP contribution in [0.5, 0.6) is 0 Å². The molecule has 0 atom stereocenters. The van der Waals surface area contributed by atoms with Crippen molar-refractivity contribution in [3.05, 3.63) is 113 Å². The number of hydrogen-bond acceptors (Lipinski definition) is 3. The molecule has 34 heavy (non-hydrogen) atoms. The number of aromatic nitrogens is 1. The van der Waals surface area contributed by atoms with E-state index in [0.29, 0.717) is 12.2 Å². The quantitative estimate of drug-likeness (QED) is 0.189. The van der Waals surface area contributed by atoms with Crippen LogP contribution in [0.3, 0.4) is 0 Å². The summed E-state index contributed by atoms with van der Waals surface area (Å²) in [6, 6.07) is 28.5. The topological polar surface area (TPSA) is 65.9 Å². The minimum Gasteiger partial charge on any atom is -0.463 e. The first-order valence-electron chi connectivity index (χ1n) is 11.4. The number of fused-ring (bicyclic) bond motifs is 1. The average molecular weight is 447 g/mol. The van der Waals surface area contributed by atoms with E-state index in [2.05, 4.69) is 48.3 Å². The summed E-state index contributed by atoms with van der Waals surface area (Å²) in [5, 5.41) is 10.9. The summed E-state index contributed by atoms with van der Waals surface area (Å²) >= 11 is 0. The van der Waals surface area contributed by atoms with Crippen molar-refractivity contribution in [2.24, 2.45) is 0 Å². The fraction of sp³-hybridized carbons (Fsp3) is 0.133. The number of H-pyrrole nitrogens is 1. The van der Waals surface area contributed by atoms with Crippen LogP contribution in [0.1, 0.15) is 48.2 Å². The van der Waals surface area contributed by atoms with E-state index in [9.17, 15) is 10.1 Å². The molecule has 1 heterocycles. The van der Waals surface area contributed by atoms with Crippen molar-refractivity contribution in [1.29, 1.82) is 5.26 Å². The van der Waals surface area contributed by atoms with Crippen LogP contribution in [0.2, 0.25) is 0 Å². The summed E-state index contributed by atoms with van der Waals surface area (Å²) in [5.74, 6) is -0.355. The Hall–Kier alpha value is -4.36. The number of allylic oxidation sites excluding steroid dienone is 1. The first-order chi connectivity index (χ1) is 16.6. The van der Waals surface area contributed by atoms with E-state index in [4.69, 9.17) is 4.74 Å². The van der Waals surface area contributed by atoms with Crippen LogP contribution >= 0.6 is 0 Å². The third kappa shape index (κ3) is 4.84. The number of nitrogens with one attached hydrogen (secondary N) is 1. The highest BCUT2D eigenvalue weighted by molar-refractivity contribution is 6.01. The van der Waals surface area contributed by atoms with Crippen molar-refractivity contribution in [3.8, 4) is 6.07 Å². The van der Waals surface area contributed by atoms with E-state index in [0.717, 1.165) is 50.9 Å². The number of benzene rings is 3. The van der Waals surface area contributed by atoms with Crippen LogP contribution in [-0.4, -0.2) is 17.6 Å². The number of rotatable bonds is 7. The lowest BCUT2D eigenvalue weighted by Gasteiger charge is -2.16. The van der Waals surface area contributed by atoms with E-state index in [1.54, 1.807) is 13.0 Å². The van der Waals surface area contributed by atoms with Crippen LogP contribution < -0.4 is 0 Å². The predicted molar refractivity (Wildman–Crippen MR) is 138 cm³/mol. The summed E-state index contributed by atoms with van der Waals surface area (Å²) in [6.45, 7) is 4.25. The van der Waals surface area contributed by atoms with Crippen LogP contribution in [-0.2, 0) is 9.53 Å². The normalized spacial score (nSPS) is 11.9. The van der Waals surface area contributed by atoms with Gasteiger partial charge < -0.3 is 9.72 Å². The van der Waals surface area contributed by atoms with Gasteiger partial charge in [0, 0.05) is 28.2 Å². The Bertz CT molecular complexity index is 1380. The molecule has 168 valence electrons. The number of carbonyl (C=O) groups excluding carboxylic acids is 1. The maximum atomic E-state index is 11.7. The largest absolute Gasteiger partial charge is 0.463 e. The summed E-state index contributed by atoms with van der Waals surface area (Å²) in [7, 11) is 0. The molecule has 0 aliphatic heterocycles. The predicted octanol–water partition coefficient (Wildman–Crippen LogP) is 6.98. The zero-order valence-electron chi connectivity index (χ0n) is 19.3. The molecule has 0 fully saturated rings. The van der Waals surface area contributed by atoms with E-state index >= 15 is 0 Å². The number of carbonyl (C=O) groups is 1. The lowest BCUT2D eigenvalue weighted by molar-refractivity contribution is -0.137. The molecular formula is C30H26N2O2. The minimum absolute atomic E-state index is 0.352. The number of nitrogens with zero attached hydrogens (tertiary/aromatic N) is 1. The van der Waals surface area contributed by atoms with Gasteiger partial charge in [0.05, 0.1) is 18.2 Å². The Balaban J connectivity index is 1.87. The number of nitriles is 1. The van der Waals surface area contributed by atoms with Crippen molar-refractivity contribution in [2.45, 2.75) is 20.3 Å². The lowest BCUT2D eigenvalue weighted by atomic mass is 9.88. The second kappa shape index (κ2) is 10.5. The SMILES string of the molecule is CCOC(=O)/C=C/c1ccc(/C(=C(/CC)c2ccccc2C#N)c2cc3ccccc3[nH]2)cc1. The molecule has 0 unspecified atom stereocenters. The molecule has 1 aromatic heterocycles. The Labute approximate surface area is 199 Å². The molecule has 0 saturated carbocycles. The molecule has 0 aliphatic rings. The molecule has 0 aliphatic carbocycles. The summed E-state index contributed by atoms with van der Waals surface area (Å²) < 4.78 is 4.97. The lowest BCUT2D eigenvalue weighted by Crippen LogP contribution is -1.99. The Kier molecular flexibility index (Phi) is 7.05. The van der Waals surface area contributed by atoms with E-state index < -0.39 is 0 Å². The third-order valence-electron chi connectivity index (χ3n) is 5.73. The van der Waals surface area contributed by atoms with Crippen LogP contribution in [0.15, 0.2) is 84.9 Å². The van der Waals surface area contributed by atoms with Gasteiger partial charge in [0.25, 0.3) is 0 Å². The monoisotopic (exact) mass is 446 g/mol. The van der Waals surface area contributed by atoms with Crippen LogP contribution in [0, 0.1) is 11.3 Å². The number of hydrogen-bond donors (Lipinski definition) is 1. The van der Waals surface area contributed by atoms with Gasteiger partial charge in [-0.15, -0.1) is 0 Å². The van der Waals surface area contributed by atoms with Gasteiger partial charge in [-0.3, -0.25) is 0 Å². The summed E-state index contributed by atoms with van der Waals surface area (Å²) in [5.41, 5.74) is 7.75. The molecule has 4 rings (SSSR count). The van der Waals surface area contributed by atoms with Crippen molar-refractivity contribution < 1.29 is 9.53 Å². The number of para-hydroxylation sites is 1. The van der Waals surface area contributed by atoms with Gasteiger partial charge in [-0.1, -0.05) is 67.6 Å². The van der Waals surface area contributed by atoms with Crippen molar-refractivity contribution in [1.82, 2.24) is 4.98 Å². The second-order valence-electron chi connectivity index (χ2n) is 7.84. The molecule has 4 nitrogen and oxygen atoms in total. The number of esters is 1. The molecular weight excluding hydrogens is 420 g/mol. The molecule has 0 bridgehead atoms. The molecule has 0 spiro atoms. The first kappa shape index (κ1) is 22.8. The average Bonchev–Trinajstić information content (AvgIpc) is 3.30. The van der Waals surface area contributed by atoms with Gasteiger partial charge >= 0.3 is 5.97 Å². The highest BCUT2D eigenvalue weighted by Gasteiger charge is 2.17. The van der Waals surface area contributed by atoms with Crippen LogP contribution in [0.25, 0.3) is 28.1 Å². The molecule has 0 saturated heterocycles. The maximum absolute atomic E-state index is 11.7. The molecule has 4 heteroatoms. The zero-order valence-corrected chi connectivity index (χ0v) is 19.3. The Morgan fingerprint density at radius 2 is 1.74 bits per heavy atom. The molecule has 4 aromatic rings. The highest BCUT2D eigenvalue weighted by Crippen LogP contribution is 2.36. The maximum Gasteiger partial charge on any atom is 0.330 e. The molecule has 0 radical (unpaired) electrons. The van der Waals surface area contributed by atoms with Crippen LogP contribution in [0.4, 0.5) is 0 Å². The second-order valence-corrected chi connectivity index (χ2v) is 7.84. The van der Waals surface area contributed by atoms with Crippen molar-refractivity contribution in [2.75, 3.05) is 6.61 Å². The highest BCUT2D eigenvalue weighted by atomic mass is 16.5. The molecule has 0 amide bonds. The zero-order chi connectivity index (χ0) is 23.9. The van der Waals surface area contributed by atoms with E-state index in [1.165, 1.54) is 6.08 Å². The number of aromatic amines is 1. The fourth-order valence-corrected chi connectivity index (χ4v) is 4.16. The van der Waals surface area contributed by atoms with Gasteiger partial charge in [0.2, 0.25) is 0 Å². The van der Waals surface area contributed by atoms with E-state index in [1.807, 2.05) is 48.5 Å². The van der Waals surface area contributed by atoms with Gasteiger partial charge in [-0.05, 0) is 59.9 Å².